The Balaban J connectivity index is 1.43. The number of carbonyl (C=O) groups is 2. The first-order chi connectivity index (χ1) is 16.2. The van der Waals surface area contributed by atoms with E-state index in [1.54, 1.807) is 6.07 Å². The fourth-order valence-corrected chi connectivity index (χ4v) is 5.40. The van der Waals surface area contributed by atoms with E-state index in [1.165, 1.54) is 16.6 Å². The third-order valence-corrected chi connectivity index (χ3v) is 7.72. The van der Waals surface area contributed by atoms with E-state index in [2.05, 4.69) is 4.98 Å². The number of carbonyl (C=O) groups excluding carboxylic acids is 2. The number of rotatable bonds is 7. The van der Waals surface area contributed by atoms with Crippen LogP contribution >= 0.6 is 0 Å². The first-order valence-corrected chi connectivity index (χ1v) is 12.3. The number of ketones is 1. The van der Waals surface area contributed by atoms with Gasteiger partial charge in [-0.2, -0.15) is 4.31 Å². The molecule has 9 nitrogen and oxygen atoms in total. The molecule has 3 heterocycles. The van der Waals surface area contributed by atoms with Gasteiger partial charge < -0.3 is 19.0 Å². The predicted molar refractivity (Wildman–Crippen MR) is 125 cm³/mol. The SMILES string of the molecule is Cc1ccc(-n2c(C)cc(C(=O)COC(=O)c3cc(S(=O)(=O)N4CCOCC4)c[nH]3)c2C)cc1. The number of hydrogen-bond acceptors (Lipinski definition) is 6. The number of nitrogens with one attached hydrogen (secondary N) is 1. The van der Waals surface area contributed by atoms with Crippen LogP contribution in [0.5, 0.6) is 0 Å². The van der Waals surface area contributed by atoms with Gasteiger partial charge in [-0.25, -0.2) is 13.2 Å². The van der Waals surface area contributed by atoms with Crippen LogP contribution in [-0.2, 0) is 19.5 Å². The summed E-state index contributed by atoms with van der Waals surface area (Å²) in [6.07, 6.45) is 1.25. The van der Waals surface area contributed by atoms with Gasteiger partial charge in [-0.1, -0.05) is 17.7 Å². The van der Waals surface area contributed by atoms with Crippen molar-refractivity contribution in [2.45, 2.75) is 25.7 Å². The molecule has 0 amide bonds. The van der Waals surface area contributed by atoms with E-state index in [1.807, 2.05) is 49.6 Å². The van der Waals surface area contributed by atoms with Gasteiger partial charge in [0.2, 0.25) is 15.8 Å². The van der Waals surface area contributed by atoms with Crippen LogP contribution in [0, 0.1) is 20.8 Å². The first-order valence-electron chi connectivity index (χ1n) is 10.9. The van der Waals surface area contributed by atoms with Gasteiger partial charge in [0.15, 0.2) is 6.61 Å². The average molecular weight is 486 g/mol. The Labute approximate surface area is 198 Å². The number of H-pyrrole nitrogens is 1. The number of morpholine rings is 1. The molecule has 0 spiro atoms. The first kappa shape index (κ1) is 23.9. The van der Waals surface area contributed by atoms with Crippen molar-refractivity contribution >= 4 is 21.8 Å². The summed E-state index contributed by atoms with van der Waals surface area (Å²) in [5, 5.41) is 0. The number of benzene rings is 1. The van der Waals surface area contributed by atoms with Crippen LogP contribution in [0.2, 0.25) is 0 Å². The summed E-state index contributed by atoms with van der Waals surface area (Å²) in [5.41, 5.74) is 4.15. The minimum Gasteiger partial charge on any atom is -0.453 e. The number of ether oxygens (including phenoxy) is 2. The molecule has 34 heavy (non-hydrogen) atoms. The minimum absolute atomic E-state index is 0.0330. The van der Waals surface area contributed by atoms with Crippen LogP contribution < -0.4 is 0 Å². The Kier molecular flexibility index (Phi) is 6.74. The third kappa shape index (κ3) is 4.70. The van der Waals surface area contributed by atoms with Crippen molar-refractivity contribution in [3.63, 3.8) is 0 Å². The number of sulfonamides is 1. The molecule has 0 aliphatic carbocycles. The van der Waals surface area contributed by atoms with Crippen LogP contribution in [0.25, 0.3) is 5.69 Å². The summed E-state index contributed by atoms with van der Waals surface area (Å²) in [5.74, 6) is -1.14. The smallest absolute Gasteiger partial charge is 0.355 e. The number of aromatic nitrogens is 2. The molecule has 1 aliphatic rings. The largest absolute Gasteiger partial charge is 0.453 e. The van der Waals surface area contributed by atoms with Gasteiger partial charge in [0.25, 0.3) is 0 Å². The lowest BCUT2D eigenvalue weighted by Crippen LogP contribution is -2.40. The number of aromatic amines is 1. The summed E-state index contributed by atoms with van der Waals surface area (Å²) >= 11 is 0. The zero-order chi connectivity index (χ0) is 24.5. The van der Waals surface area contributed by atoms with Crippen molar-refractivity contribution in [3.05, 3.63) is 70.8 Å². The van der Waals surface area contributed by atoms with Crippen LogP contribution in [0.15, 0.2) is 47.5 Å². The van der Waals surface area contributed by atoms with Gasteiger partial charge in [0, 0.05) is 41.9 Å². The molecule has 0 saturated carbocycles. The lowest BCUT2D eigenvalue weighted by Gasteiger charge is -2.25. The molecule has 1 saturated heterocycles. The molecule has 1 aliphatic heterocycles. The second-order valence-corrected chi connectivity index (χ2v) is 10.2. The van der Waals surface area contributed by atoms with E-state index in [0.29, 0.717) is 18.8 Å². The van der Waals surface area contributed by atoms with E-state index >= 15 is 0 Å². The summed E-state index contributed by atoms with van der Waals surface area (Å²) in [4.78, 5) is 27.9. The van der Waals surface area contributed by atoms with Crippen LogP contribution in [0.1, 0.15) is 37.8 Å². The molecule has 0 bridgehead atoms. The van der Waals surface area contributed by atoms with E-state index in [0.717, 1.165) is 22.6 Å². The van der Waals surface area contributed by atoms with Crippen molar-refractivity contribution in [3.8, 4) is 5.69 Å². The third-order valence-electron chi connectivity index (χ3n) is 5.84. The molecule has 3 aromatic rings. The Morgan fingerprint density at radius 1 is 1.06 bits per heavy atom. The molecular weight excluding hydrogens is 458 g/mol. The number of Topliss-reactive ketones (excluding diaryl/α,β-unsaturated/α-hetero) is 1. The van der Waals surface area contributed by atoms with Crippen molar-refractivity contribution in [2.24, 2.45) is 0 Å². The zero-order valence-electron chi connectivity index (χ0n) is 19.3. The Bertz CT molecular complexity index is 1320. The normalized spacial score (nSPS) is 14.8. The maximum absolute atomic E-state index is 12.8. The van der Waals surface area contributed by atoms with E-state index in [9.17, 15) is 18.0 Å². The maximum Gasteiger partial charge on any atom is 0.355 e. The predicted octanol–water partition coefficient (Wildman–Crippen LogP) is 2.79. The molecule has 1 N–H and O–H groups in total. The standard InChI is InChI=1S/C24H27N3O6S/c1-16-4-6-19(7-5-16)27-17(2)12-21(18(27)3)23(28)15-33-24(29)22-13-20(14-25-22)34(30,31)26-8-10-32-11-9-26/h4-7,12-14,25H,8-11,15H2,1-3H3. The topological polar surface area (TPSA) is 111 Å². The van der Waals surface area contributed by atoms with Crippen molar-refractivity contribution in [1.29, 1.82) is 0 Å². The minimum atomic E-state index is -3.74. The summed E-state index contributed by atoms with van der Waals surface area (Å²) in [6.45, 7) is 6.46. The summed E-state index contributed by atoms with van der Waals surface area (Å²) in [7, 11) is -3.74. The number of aryl methyl sites for hydroxylation is 2. The summed E-state index contributed by atoms with van der Waals surface area (Å²) in [6, 6.07) is 11.0. The molecular formula is C24H27N3O6S. The van der Waals surface area contributed by atoms with Crippen LogP contribution in [0.3, 0.4) is 0 Å². The van der Waals surface area contributed by atoms with Crippen LogP contribution in [0.4, 0.5) is 0 Å². The monoisotopic (exact) mass is 485 g/mol. The van der Waals surface area contributed by atoms with E-state index in [4.69, 9.17) is 9.47 Å². The fraction of sp³-hybridized carbons (Fsp3) is 0.333. The number of esters is 1. The molecule has 2 aromatic heterocycles. The summed E-state index contributed by atoms with van der Waals surface area (Å²) < 4.78 is 39.1. The molecule has 1 aromatic carbocycles. The second-order valence-electron chi connectivity index (χ2n) is 8.22. The highest BCUT2D eigenvalue weighted by Crippen LogP contribution is 2.22. The Morgan fingerprint density at radius 3 is 2.41 bits per heavy atom. The van der Waals surface area contributed by atoms with Crippen molar-refractivity contribution in [1.82, 2.24) is 13.9 Å². The van der Waals surface area contributed by atoms with Gasteiger partial charge >= 0.3 is 5.97 Å². The maximum atomic E-state index is 12.8. The second kappa shape index (κ2) is 9.57. The Hall–Kier alpha value is -3.21. The number of nitrogens with zero attached hydrogens (tertiary/aromatic N) is 2. The molecule has 4 rings (SSSR count). The average Bonchev–Trinajstić information content (AvgIpc) is 3.44. The number of hydrogen-bond donors (Lipinski definition) is 1. The molecule has 0 atom stereocenters. The molecule has 0 radical (unpaired) electrons. The van der Waals surface area contributed by atoms with Crippen LogP contribution in [-0.4, -0.2) is 66.9 Å². The van der Waals surface area contributed by atoms with E-state index in [-0.39, 0.29) is 29.5 Å². The highest BCUT2D eigenvalue weighted by atomic mass is 32.2. The van der Waals surface area contributed by atoms with Gasteiger partial charge in [-0.05, 0) is 45.0 Å². The van der Waals surface area contributed by atoms with Crippen molar-refractivity contribution in [2.75, 3.05) is 32.9 Å². The molecule has 1 fully saturated rings. The highest BCUT2D eigenvalue weighted by molar-refractivity contribution is 7.89. The van der Waals surface area contributed by atoms with Gasteiger partial charge in [-0.15, -0.1) is 0 Å². The lowest BCUT2D eigenvalue weighted by molar-refractivity contribution is 0.0469. The Morgan fingerprint density at radius 2 is 1.74 bits per heavy atom. The fourth-order valence-electron chi connectivity index (χ4n) is 4.00. The lowest BCUT2D eigenvalue weighted by atomic mass is 10.1. The molecule has 10 heteroatoms. The van der Waals surface area contributed by atoms with E-state index < -0.39 is 22.6 Å². The van der Waals surface area contributed by atoms with Gasteiger partial charge in [-0.3, -0.25) is 4.79 Å². The highest BCUT2D eigenvalue weighted by Gasteiger charge is 2.28. The van der Waals surface area contributed by atoms with Crippen molar-refractivity contribution < 1.29 is 27.5 Å². The molecule has 0 unspecified atom stereocenters. The zero-order valence-corrected chi connectivity index (χ0v) is 20.1. The quantitative estimate of drug-likeness (QED) is 0.407. The van der Waals surface area contributed by atoms with Gasteiger partial charge in [0.05, 0.1) is 13.2 Å². The van der Waals surface area contributed by atoms with Gasteiger partial charge in [0.1, 0.15) is 10.6 Å². The molecule has 180 valence electrons.